The van der Waals surface area contributed by atoms with E-state index in [1.165, 1.54) is 13.4 Å². The zero-order valence-corrected chi connectivity index (χ0v) is 23.0. The molecule has 0 saturated carbocycles. The number of carbonyl (C=O) groups is 1. The van der Waals surface area contributed by atoms with Gasteiger partial charge in [-0.05, 0) is 59.6 Å². The fourth-order valence-corrected chi connectivity index (χ4v) is 4.91. The first-order chi connectivity index (χ1) is 16.3. The third-order valence-corrected chi connectivity index (χ3v) is 7.38. The number of carbonyl (C=O) groups excluding carboxylic acids is 1. The number of aliphatic hydroxyl groups excluding tert-OH is 1. The van der Waals surface area contributed by atoms with Gasteiger partial charge in [-0.25, -0.2) is 8.42 Å². The van der Waals surface area contributed by atoms with E-state index < -0.39 is 15.9 Å². The van der Waals surface area contributed by atoms with Crippen LogP contribution in [-0.2, 0) is 20.0 Å². The zero-order valence-electron chi connectivity index (χ0n) is 22.1. The second-order valence-corrected chi connectivity index (χ2v) is 12.4. The summed E-state index contributed by atoms with van der Waals surface area (Å²) in [5.74, 6) is 0.228. The first-order valence-electron chi connectivity index (χ1n) is 12.3. The smallest absolute Gasteiger partial charge is 0.224 e. The van der Waals surface area contributed by atoms with Crippen LogP contribution in [0.25, 0.3) is 0 Å². The molecule has 2 atom stereocenters. The van der Waals surface area contributed by atoms with Crippen molar-refractivity contribution >= 4 is 21.4 Å². The molecule has 0 radical (unpaired) electrons. The Morgan fingerprint density at radius 1 is 1.11 bits per heavy atom. The summed E-state index contributed by atoms with van der Waals surface area (Å²) in [6, 6.07) is 10.6. The maximum atomic E-state index is 13.3. The molecule has 6 nitrogen and oxygen atoms in total. The predicted octanol–water partition coefficient (Wildman–Crippen LogP) is 6.14. The van der Waals surface area contributed by atoms with E-state index in [0.29, 0.717) is 11.4 Å². The number of benzene rings is 2. The molecule has 0 fully saturated rings. The van der Waals surface area contributed by atoms with Crippen molar-refractivity contribution in [1.82, 2.24) is 0 Å². The molecule has 35 heavy (non-hydrogen) atoms. The molecule has 2 N–H and O–H groups in total. The number of aliphatic hydroxyl groups is 1. The summed E-state index contributed by atoms with van der Waals surface area (Å²) in [7, 11) is -1.85. The number of unbranched alkanes of at least 4 members (excludes halogenated alkanes) is 2. The number of sulfone groups is 1. The van der Waals surface area contributed by atoms with Crippen molar-refractivity contribution in [2.45, 2.75) is 89.1 Å². The summed E-state index contributed by atoms with van der Waals surface area (Å²) >= 11 is 0. The Hall–Kier alpha value is -2.38. The topological polar surface area (TPSA) is 92.7 Å². The van der Waals surface area contributed by atoms with Gasteiger partial charge in [-0.3, -0.25) is 4.79 Å². The fraction of sp³-hybridized carbons (Fsp3) is 0.536. The third-order valence-electron chi connectivity index (χ3n) is 6.27. The highest BCUT2D eigenvalue weighted by molar-refractivity contribution is 7.90. The average molecular weight is 504 g/mol. The van der Waals surface area contributed by atoms with Crippen LogP contribution in [0.5, 0.6) is 5.75 Å². The normalized spacial score (nSPS) is 13.8. The lowest BCUT2D eigenvalue weighted by Gasteiger charge is -2.25. The fourth-order valence-electron chi connectivity index (χ4n) is 4.27. The quantitative estimate of drug-likeness (QED) is 0.359. The minimum absolute atomic E-state index is 0.122. The van der Waals surface area contributed by atoms with Gasteiger partial charge in [0.05, 0.1) is 18.1 Å². The van der Waals surface area contributed by atoms with E-state index in [0.717, 1.165) is 42.4 Å². The first kappa shape index (κ1) is 28.9. The van der Waals surface area contributed by atoms with Crippen molar-refractivity contribution in [3.8, 4) is 5.75 Å². The maximum Gasteiger partial charge on any atom is 0.224 e. The standard InChI is InChI=1S/C28H41NO5S/c1-8-9-10-11-21(23-14-13-22(35(7,32)33)18-26(23)34-6)17-27(31)29-25-16-20(19(2)30)12-15-24(25)28(3,4)5/h12-16,18-19,21,30H,8-11,17H2,1-7H3,(H,29,31). The summed E-state index contributed by atoms with van der Waals surface area (Å²) in [5.41, 5.74) is 3.08. The van der Waals surface area contributed by atoms with Crippen LogP contribution >= 0.6 is 0 Å². The van der Waals surface area contributed by atoms with Gasteiger partial charge in [-0.2, -0.15) is 0 Å². The molecule has 194 valence electrons. The minimum Gasteiger partial charge on any atom is -0.496 e. The van der Waals surface area contributed by atoms with Gasteiger partial charge >= 0.3 is 0 Å². The van der Waals surface area contributed by atoms with E-state index in [2.05, 4.69) is 33.0 Å². The van der Waals surface area contributed by atoms with Crippen molar-refractivity contribution in [1.29, 1.82) is 0 Å². The molecule has 2 unspecified atom stereocenters. The molecule has 7 heteroatoms. The summed E-state index contributed by atoms with van der Waals surface area (Å²) in [6.45, 7) is 10.1. The van der Waals surface area contributed by atoms with E-state index in [-0.39, 0.29) is 28.6 Å². The molecule has 2 rings (SSSR count). The minimum atomic E-state index is -3.37. The molecule has 0 spiro atoms. The van der Waals surface area contributed by atoms with Gasteiger partial charge in [0.2, 0.25) is 5.91 Å². The molecular weight excluding hydrogens is 462 g/mol. The highest BCUT2D eigenvalue weighted by Gasteiger charge is 2.24. The Morgan fingerprint density at radius 2 is 1.80 bits per heavy atom. The molecule has 2 aromatic rings. The Labute approximate surface area is 211 Å². The number of ether oxygens (including phenoxy) is 1. The number of nitrogens with one attached hydrogen (secondary N) is 1. The summed E-state index contributed by atoms with van der Waals surface area (Å²) in [6.07, 6.45) is 4.62. The molecule has 2 aromatic carbocycles. The van der Waals surface area contributed by atoms with E-state index in [1.54, 1.807) is 25.1 Å². The Kier molecular flexibility index (Phi) is 9.93. The second kappa shape index (κ2) is 12.0. The molecule has 0 aromatic heterocycles. The van der Waals surface area contributed by atoms with Crippen LogP contribution in [0.1, 0.15) is 95.4 Å². The third kappa shape index (κ3) is 8.07. The monoisotopic (exact) mass is 503 g/mol. The lowest BCUT2D eigenvalue weighted by Crippen LogP contribution is -2.21. The molecular formula is C28H41NO5S. The molecule has 0 heterocycles. The van der Waals surface area contributed by atoms with Crippen molar-refractivity contribution in [3.63, 3.8) is 0 Å². The van der Waals surface area contributed by atoms with E-state index >= 15 is 0 Å². The van der Waals surface area contributed by atoms with Crippen LogP contribution in [0, 0.1) is 0 Å². The lowest BCUT2D eigenvalue weighted by molar-refractivity contribution is -0.116. The lowest BCUT2D eigenvalue weighted by atomic mass is 9.84. The van der Waals surface area contributed by atoms with Crippen LogP contribution in [-0.4, -0.2) is 32.8 Å². The number of methoxy groups -OCH3 is 1. The van der Waals surface area contributed by atoms with E-state index in [4.69, 9.17) is 4.74 Å². The van der Waals surface area contributed by atoms with Gasteiger partial charge in [-0.1, -0.05) is 65.2 Å². The maximum absolute atomic E-state index is 13.3. The van der Waals surface area contributed by atoms with Crippen molar-refractivity contribution in [2.24, 2.45) is 0 Å². The van der Waals surface area contributed by atoms with Crippen LogP contribution < -0.4 is 10.1 Å². The van der Waals surface area contributed by atoms with Crippen molar-refractivity contribution in [3.05, 3.63) is 53.1 Å². The number of amides is 1. The van der Waals surface area contributed by atoms with Gasteiger partial charge < -0.3 is 15.2 Å². The average Bonchev–Trinajstić information content (AvgIpc) is 2.76. The van der Waals surface area contributed by atoms with Gasteiger partial charge in [0.1, 0.15) is 5.75 Å². The summed E-state index contributed by atoms with van der Waals surface area (Å²) < 4.78 is 29.6. The molecule has 0 saturated heterocycles. The van der Waals surface area contributed by atoms with E-state index in [1.807, 2.05) is 18.2 Å². The van der Waals surface area contributed by atoms with Crippen LogP contribution in [0.4, 0.5) is 5.69 Å². The number of rotatable bonds is 11. The van der Waals surface area contributed by atoms with Crippen LogP contribution in [0.15, 0.2) is 41.3 Å². The molecule has 0 aliphatic carbocycles. The summed E-state index contributed by atoms with van der Waals surface area (Å²) in [4.78, 5) is 13.5. The van der Waals surface area contributed by atoms with Crippen LogP contribution in [0.3, 0.4) is 0 Å². The summed E-state index contributed by atoms with van der Waals surface area (Å²) in [5, 5.41) is 13.1. The highest BCUT2D eigenvalue weighted by atomic mass is 32.2. The highest BCUT2D eigenvalue weighted by Crippen LogP contribution is 2.36. The molecule has 0 aliphatic heterocycles. The largest absolute Gasteiger partial charge is 0.496 e. The van der Waals surface area contributed by atoms with Gasteiger partial charge in [0.15, 0.2) is 9.84 Å². The first-order valence-corrected chi connectivity index (χ1v) is 14.2. The number of hydrogen-bond acceptors (Lipinski definition) is 5. The molecule has 0 bridgehead atoms. The van der Waals surface area contributed by atoms with Gasteiger partial charge in [0, 0.05) is 18.4 Å². The van der Waals surface area contributed by atoms with Gasteiger partial charge in [-0.15, -0.1) is 0 Å². The second-order valence-electron chi connectivity index (χ2n) is 10.4. The number of anilines is 1. The Morgan fingerprint density at radius 3 is 2.34 bits per heavy atom. The van der Waals surface area contributed by atoms with Crippen LogP contribution in [0.2, 0.25) is 0 Å². The van der Waals surface area contributed by atoms with Gasteiger partial charge in [0.25, 0.3) is 0 Å². The van der Waals surface area contributed by atoms with E-state index in [9.17, 15) is 18.3 Å². The Balaban J connectivity index is 2.39. The number of hydrogen-bond donors (Lipinski definition) is 2. The predicted molar refractivity (Wildman–Crippen MR) is 142 cm³/mol. The zero-order chi connectivity index (χ0) is 26.4. The van der Waals surface area contributed by atoms with Crippen molar-refractivity contribution in [2.75, 3.05) is 18.7 Å². The molecule has 1 amide bonds. The Bertz CT molecular complexity index is 1120. The van der Waals surface area contributed by atoms with Crippen molar-refractivity contribution < 1.29 is 23.1 Å². The molecule has 0 aliphatic rings. The SMILES string of the molecule is CCCCCC(CC(=O)Nc1cc(C(C)O)ccc1C(C)(C)C)c1ccc(S(C)(=O)=O)cc1OC.